The van der Waals surface area contributed by atoms with Crippen LogP contribution in [0.4, 0.5) is 19.3 Å². The summed E-state index contributed by atoms with van der Waals surface area (Å²) in [6.45, 7) is 3.81. The molecule has 1 heterocycles. The highest BCUT2D eigenvalue weighted by Gasteiger charge is 2.33. The Morgan fingerprint density at radius 1 is 1.21 bits per heavy atom. The van der Waals surface area contributed by atoms with Crippen LogP contribution >= 0.6 is 0 Å². The van der Waals surface area contributed by atoms with Crippen molar-refractivity contribution in [2.24, 2.45) is 0 Å². The highest BCUT2D eigenvalue weighted by Crippen LogP contribution is 2.39. The summed E-state index contributed by atoms with van der Waals surface area (Å²) in [5.41, 5.74) is 0.893. The average molecular weight is 390 g/mol. The third-order valence-corrected chi connectivity index (χ3v) is 4.58. The SMILES string of the molecule is CC(C)N(C(=O)O)C1CCOc2c(C(=O)Nc3ccc(F)c(F)c3)cccc21. The molecule has 1 aliphatic rings. The Bertz CT molecular complexity index is 917. The van der Waals surface area contributed by atoms with Crippen LogP contribution in [0, 0.1) is 11.6 Å². The maximum Gasteiger partial charge on any atom is 0.408 e. The number of hydrogen-bond donors (Lipinski definition) is 2. The fourth-order valence-corrected chi connectivity index (χ4v) is 3.36. The molecule has 0 aliphatic carbocycles. The fourth-order valence-electron chi connectivity index (χ4n) is 3.36. The molecule has 0 fully saturated rings. The number of carboxylic acid groups (broad SMARTS) is 1. The third kappa shape index (κ3) is 3.76. The number of hydrogen-bond acceptors (Lipinski definition) is 3. The first kappa shape index (κ1) is 19.6. The van der Waals surface area contributed by atoms with Crippen LogP contribution in [0.5, 0.6) is 5.75 Å². The molecule has 0 aromatic heterocycles. The quantitative estimate of drug-likeness (QED) is 0.810. The van der Waals surface area contributed by atoms with E-state index in [4.69, 9.17) is 4.74 Å². The van der Waals surface area contributed by atoms with Crippen LogP contribution in [0.25, 0.3) is 0 Å². The lowest BCUT2D eigenvalue weighted by atomic mass is 9.95. The predicted molar refractivity (Wildman–Crippen MR) is 98.6 cm³/mol. The molecule has 1 atom stereocenters. The van der Waals surface area contributed by atoms with Gasteiger partial charge >= 0.3 is 6.09 Å². The molecule has 0 radical (unpaired) electrons. The minimum atomic E-state index is -1.07. The van der Waals surface area contributed by atoms with Gasteiger partial charge in [0, 0.05) is 29.8 Å². The van der Waals surface area contributed by atoms with Crippen LogP contribution in [0.1, 0.15) is 42.2 Å². The summed E-state index contributed by atoms with van der Waals surface area (Å²) in [4.78, 5) is 25.7. The molecule has 8 heteroatoms. The Hall–Kier alpha value is -3.16. The molecule has 1 unspecified atom stereocenters. The zero-order chi connectivity index (χ0) is 20.4. The molecule has 2 N–H and O–H groups in total. The van der Waals surface area contributed by atoms with Crippen molar-refractivity contribution in [3.8, 4) is 5.75 Å². The van der Waals surface area contributed by atoms with Gasteiger partial charge in [0.15, 0.2) is 11.6 Å². The van der Waals surface area contributed by atoms with Gasteiger partial charge in [-0.25, -0.2) is 13.6 Å². The molecule has 0 saturated heterocycles. The lowest BCUT2D eigenvalue weighted by Gasteiger charge is -2.36. The van der Waals surface area contributed by atoms with Crippen molar-refractivity contribution in [2.45, 2.75) is 32.4 Å². The fraction of sp³-hybridized carbons (Fsp3) is 0.300. The van der Waals surface area contributed by atoms with Gasteiger partial charge < -0.3 is 15.2 Å². The van der Waals surface area contributed by atoms with Gasteiger partial charge in [0.1, 0.15) is 5.75 Å². The van der Waals surface area contributed by atoms with E-state index in [9.17, 15) is 23.5 Å². The van der Waals surface area contributed by atoms with Crippen LogP contribution in [0.3, 0.4) is 0 Å². The number of fused-ring (bicyclic) bond motifs is 1. The molecule has 0 bridgehead atoms. The van der Waals surface area contributed by atoms with Crippen molar-refractivity contribution < 1.29 is 28.2 Å². The second kappa shape index (κ2) is 7.84. The molecule has 0 saturated carbocycles. The first-order valence-electron chi connectivity index (χ1n) is 8.83. The summed E-state index contributed by atoms with van der Waals surface area (Å²) in [6.07, 6.45) is -0.587. The standard InChI is InChI=1S/C20H20F2N2O4/c1-11(2)24(20(26)27)17-8-9-28-18-13(17)4-3-5-14(18)19(25)23-12-6-7-15(21)16(22)10-12/h3-7,10-11,17H,8-9H2,1-2H3,(H,23,25)(H,26,27). The van der Waals surface area contributed by atoms with Crippen LogP contribution in [0.15, 0.2) is 36.4 Å². The van der Waals surface area contributed by atoms with Gasteiger partial charge in [0.25, 0.3) is 5.91 Å². The van der Waals surface area contributed by atoms with Gasteiger partial charge in [-0.3, -0.25) is 9.69 Å². The minimum Gasteiger partial charge on any atom is -0.492 e. The summed E-state index contributed by atoms with van der Waals surface area (Å²) < 4.78 is 32.1. The molecule has 0 spiro atoms. The number of rotatable bonds is 4. The van der Waals surface area contributed by atoms with Crippen molar-refractivity contribution in [3.05, 3.63) is 59.2 Å². The minimum absolute atomic E-state index is 0.100. The van der Waals surface area contributed by atoms with Crippen LogP contribution in [-0.4, -0.2) is 34.7 Å². The maximum absolute atomic E-state index is 13.4. The number of para-hydroxylation sites is 1. The monoisotopic (exact) mass is 390 g/mol. The van der Waals surface area contributed by atoms with Crippen molar-refractivity contribution in [3.63, 3.8) is 0 Å². The summed E-state index contributed by atoms with van der Waals surface area (Å²) in [5, 5.41) is 12.1. The smallest absolute Gasteiger partial charge is 0.408 e. The number of nitrogens with one attached hydrogen (secondary N) is 1. The van der Waals surface area contributed by atoms with E-state index in [1.165, 1.54) is 17.0 Å². The zero-order valence-electron chi connectivity index (χ0n) is 15.4. The molecule has 2 amide bonds. The number of carbonyl (C=O) groups excluding carboxylic acids is 1. The van der Waals surface area contributed by atoms with Crippen LogP contribution in [-0.2, 0) is 0 Å². The normalized spacial score (nSPS) is 15.5. The Kier molecular flexibility index (Phi) is 5.48. The predicted octanol–water partition coefficient (Wildman–Crippen LogP) is 4.43. The first-order chi connectivity index (χ1) is 13.3. The molecular weight excluding hydrogens is 370 g/mol. The van der Waals surface area contributed by atoms with Gasteiger partial charge in [0.2, 0.25) is 0 Å². The van der Waals surface area contributed by atoms with Crippen molar-refractivity contribution in [1.82, 2.24) is 4.90 Å². The van der Waals surface area contributed by atoms with Crippen molar-refractivity contribution >= 4 is 17.7 Å². The molecule has 3 rings (SSSR count). The molecular formula is C20H20F2N2O4. The van der Waals surface area contributed by atoms with Gasteiger partial charge in [-0.05, 0) is 32.0 Å². The van der Waals surface area contributed by atoms with Gasteiger partial charge in [-0.1, -0.05) is 12.1 Å². The van der Waals surface area contributed by atoms with E-state index >= 15 is 0 Å². The molecule has 1 aliphatic heterocycles. The zero-order valence-corrected chi connectivity index (χ0v) is 15.4. The number of halogens is 2. The Morgan fingerprint density at radius 3 is 2.61 bits per heavy atom. The molecule has 28 heavy (non-hydrogen) atoms. The van der Waals surface area contributed by atoms with Crippen LogP contribution in [0.2, 0.25) is 0 Å². The summed E-state index contributed by atoms with van der Waals surface area (Å²) in [7, 11) is 0. The molecule has 2 aromatic carbocycles. The number of anilines is 1. The van der Waals surface area contributed by atoms with Gasteiger partial charge in [-0.15, -0.1) is 0 Å². The number of nitrogens with zero attached hydrogens (tertiary/aromatic N) is 1. The Balaban J connectivity index is 1.94. The second-order valence-corrected chi connectivity index (χ2v) is 6.74. The lowest BCUT2D eigenvalue weighted by Crippen LogP contribution is -2.41. The van der Waals surface area contributed by atoms with E-state index in [1.807, 2.05) is 0 Å². The Labute approximate surface area is 160 Å². The number of benzene rings is 2. The van der Waals surface area contributed by atoms with Crippen LogP contribution < -0.4 is 10.1 Å². The summed E-state index contributed by atoms with van der Waals surface area (Å²) in [6, 6.07) is 7.26. The highest BCUT2D eigenvalue weighted by atomic mass is 19.2. The Morgan fingerprint density at radius 2 is 1.96 bits per heavy atom. The largest absolute Gasteiger partial charge is 0.492 e. The molecule has 2 aromatic rings. The van der Waals surface area contributed by atoms with Crippen molar-refractivity contribution in [2.75, 3.05) is 11.9 Å². The average Bonchev–Trinajstić information content (AvgIpc) is 2.64. The van der Waals surface area contributed by atoms with Crippen molar-refractivity contribution in [1.29, 1.82) is 0 Å². The second-order valence-electron chi connectivity index (χ2n) is 6.74. The summed E-state index contributed by atoms with van der Waals surface area (Å²) >= 11 is 0. The molecule has 148 valence electrons. The van der Waals surface area contributed by atoms with E-state index in [0.717, 1.165) is 12.1 Å². The highest BCUT2D eigenvalue weighted by molar-refractivity contribution is 6.06. The lowest BCUT2D eigenvalue weighted by molar-refractivity contribution is 0.0883. The number of carbonyl (C=O) groups is 2. The van der Waals surface area contributed by atoms with Gasteiger partial charge in [0.05, 0.1) is 18.2 Å². The van der Waals surface area contributed by atoms with E-state index < -0.39 is 29.7 Å². The topological polar surface area (TPSA) is 78.9 Å². The van der Waals surface area contributed by atoms with E-state index in [2.05, 4.69) is 5.32 Å². The van der Waals surface area contributed by atoms with E-state index in [0.29, 0.717) is 17.7 Å². The van der Waals surface area contributed by atoms with E-state index in [-0.39, 0.29) is 23.9 Å². The maximum atomic E-state index is 13.4. The van der Waals surface area contributed by atoms with Gasteiger partial charge in [-0.2, -0.15) is 0 Å². The first-order valence-corrected chi connectivity index (χ1v) is 8.83. The number of amides is 2. The third-order valence-electron chi connectivity index (χ3n) is 4.58. The molecule has 6 nitrogen and oxygen atoms in total. The summed E-state index contributed by atoms with van der Waals surface area (Å²) in [5.74, 6) is -2.34. The number of ether oxygens (including phenoxy) is 1. The van der Waals surface area contributed by atoms with E-state index in [1.54, 1.807) is 26.0 Å².